The topological polar surface area (TPSA) is 52.7 Å². The van der Waals surface area contributed by atoms with Gasteiger partial charge in [-0.15, -0.1) is 0 Å². The molecule has 1 aliphatic heterocycles. The molecule has 0 bridgehead atoms. The van der Waals surface area contributed by atoms with Crippen molar-refractivity contribution in [2.45, 2.75) is 83.3 Å². The molecule has 0 amide bonds. The third-order valence-corrected chi connectivity index (χ3v) is 4.12. The second kappa shape index (κ2) is 14.7. The van der Waals surface area contributed by atoms with E-state index in [1.807, 2.05) is 0 Å². The lowest BCUT2D eigenvalue weighted by Gasteiger charge is -1.99. The average molecular weight is 346 g/mol. The molecule has 0 aromatic carbocycles. The fourth-order valence-electron chi connectivity index (χ4n) is 2.59. The molecule has 1 fully saturated rings. The van der Waals surface area contributed by atoms with Gasteiger partial charge < -0.3 is 14.6 Å². The van der Waals surface area contributed by atoms with Crippen LogP contribution in [0.15, 0.2) is 48.6 Å². The van der Waals surface area contributed by atoms with Gasteiger partial charge in [0.1, 0.15) is 0 Å². The first kappa shape index (κ1) is 21.4. The minimum atomic E-state index is -0.942. The van der Waals surface area contributed by atoms with Gasteiger partial charge in [-0.25, -0.2) is 0 Å². The third-order valence-electron chi connectivity index (χ3n) is 4.12. The summed E-state index contributed by atoms with van der Waals surface area (Å²) in [6.45, 7) is 2.15. The van der Waals surface area contributed by atoms with Gasteiger partial charge in [0, 0.05) is 5.97 Å². The van der Waals surface area contributed by atoms with Crippen LogP contribution in [0.4, 0.5) is 0 Å². The van der Waals surface area contributed by atoms with Gasteiger partial charge in [0.2, 0.25) is 0 Å². The molecule has 1 aliphatic rings. The van der Waals surface area contributed by atoms with Crippen LogP contribution in [0.1, 0.15) is 71.1 Å². The number of carbonyl (C=O) groups excluding carboxylic acids is 1. The van der Waals surface area contributed by atoms with E-state index in [1.54, 1.807) is 0 Å². The Balaban J connectivity index is 1.91. The fraction of sp³-hybridized carbons (Fsp3) is 0.591. The number of rotatable bonds is 15. The van der Waals surface area contributed by atoms with Gasteiger partial charge in [0.15, 0.2) is 0 Å². The summed E-state index contributed by atoms with van der Waals surface area (Å²) in [6, 6.07) is 0. The minimum Gasteiger partial charge on any atom is -0.550 e. The first-order valence-corrected chi connectivity index (χ1v) is 9.69. The van der Waals surface area contributed by atoms with Crippen LogP contribution < -0.4 is 5.11 Å². The lowest BCUT2D eigenvalue weighted by atomic mass is 10.1. The molecule has 0 spiro atoms. The zero-order valence-electron chi connectivity index (χ0n) is 15.6. The van der Waals surface area contributed by atoms with Crippen LogP contribution in [0.25, 0.3) is 0 Å². The summed E-state index contributed by atoms with van der Waals surface area (Å²) in [5.74, 6) is -0.942. The van der Waals surface area contributed by atoms with Crippen molar-refractivity contribution in [2.24, 2.45) is 0 Å². The lowest BCUT2D eigenvalue weighted by Crippen LogP contribution is -2.21. The Morgan fingerprint density at radius 1 is 0.840 bits per heavy atom. The smallest absolute Gasteiger partial charge is 0.0879 e. The highest BCUT2D eigenvalue weighted by Crippen LogP contribution is 2.29. The first-order chi connectivity index (χ1) is 12.2. The lowest BCUT2D eigenvalue weighted by molar-refractivity contribution is -0.305. The molecule has 140 valence electrons. The van der Waals surface area contributed by atoms with Crippen LogP contribution in [-0.4, -0.2) is 18.2 Å². The van der Waals surface area contributed by atoms with Gasteiger partial charge >= 0.3 is 0 Å². The SMILES string of the molecule is CC/C=C\C/C=C\CC1OC1C/C=C\C/C=C\CCCCCC(=O)[O-]. The van der Waals surface area contributed by atoms with Gasteiger partial charge in [-0.2, -0.15) is 0 Å². The van der Waals surface area contributed by atoms with Crippen molar-refractivity contribution in [2.75, 3.05) is 0 Å². The maximum absolute atomic E-state index is 10.3. The van der Waals surface area contributed by atoms with Gasteiger partial charge in [-0.3, -0.25) is 0 Å². The van der Waals surface area contributed by atoms with E-state index in [1.165, 1.54) is 0 Å². The van der Waals surface area contributed by atoms with E-state index in [2.05, 4.69) is 55.5 Å². The Kier molecular flexibility index (Phi) is 12.6. The van der Waals surface area contributed by atoms with Crippen LogP contribution in [0.3, 0.4) is 0 Å². The highest BCUT2D eigenvalue weighted by Gasteiger charge is 2.35. The summed E-state index contributed by atoms with van der Waals surface area (Å²) in [7, 11) is 0. The van der Waals surface area contributed by atoms with Crippen molar-refractivity contribution in [3.05, 3.63) is 48.6 Å². The molecule has 1 saturated heterocycles. The van der Waals surface area contributed by atoms with E-state index in [-0.39, 0.29) is 6.42 Å². The van der Waals surface area contributed by atoms with Crippen molar-refractivity contribution >= 4 is 5.97 Å². The molecule has 2 unspecified atom stereocenters. The molecule has 0 N–H and O–H groups in total. The number of carbonyl (C=O) groups is 1. The second-order valence-electron chi connectivity index (χ2n) is 6.42. The number of unbranched alkanes of at least 4 members (excludes halogenated alkanes) is 3. The Bertz CT molecular complexity index is 460. The van der Waals surface area contributed by atoms with Gasteiger partial charge in [0.25, 0.3) is 0 Å². The second-order valence-corrected chi connectivity index (χ2v) is 6.42. The monoisotopic (exact) mass is 345 g/mol. The molecule has 0 aliphatic carbocycles. The Morgan fingerprint density at radius 3 is 2.04 bits per heavy atom. The number of hydrogen-bond donors (Lipinski definition) is 0. The van der Waals surface area contributed by atoms with E-state index >= 15 is 0 Å². The van der Waals surface area contributed by atoms with Crippen LogP contribution in [0.5, 0.6) is 0 Å². The number of epoxide rings is 1. The molecule has 3 nitrogen and oxygen atoms in total. The fourth-order valence-corrected chi connectivity index (χ4v) is 2.59. The van der Waals surface area contributed by atoms with E-state index in [0.29, 0.717) is 12.2 Å². The van der Waals surface area contributed by atoms with E-state index < -0.39 is 5.97 Å². The molecule has 0 aromatic heterocycles. The highest BCUT2D eigenvalue weighted by molar-refractivity contribution is 5.64. The predicted octanol–water partition coefficient (Wildman–Crippen LogP) is 4.65. The zero-order valence-corrected chi connectivity index (χ0v) is 15.6. The van der Waals surface area contributed by atoms with E-state index in [0.717, 1.165) is 57.8 Å². The molecular formula is C22H33O3-. The van der Waals surface area contributed by atoms with Crippen LogP contribution >= 0.6 is 0 Å². The van der Waals surface area contributed by atoms with Gasteiger partial charge in [0.05, 0.1) is 12.2 Å². The normalized spacial score (nSPS) is 20.5. The molecular weight excluding hydrogens is 312 g/mol. The first-order valence-electron chi connectivity index (χ1n) is 9.69. The van der Waals surface area contributed by atoms with Crippen LogP contribution in [0, 0.1) is 0 Å². The quantitative estimate of drug-likeness (QED) is 0.247. The maximum atomic E-state index is 10.3. The average Bonchev–Trinajstić information content (AvgIpc) is 3.34. The molecule has 25 heavy (non-hydrogen) atoms. The van der Waals surface area contributed by atoms with E-state index in [9.17, 15) is 9.90 Å². The summed E-state index contributed by atoms with van der Waals surface area (Å²) in [5.41, 5.74) is 0. The van der Waals surface area contributed by atoms with Gasteiger partial charge in [-0.1, -0.05) is 62.0 Å². The summed E-state index contributed by atoms with van der Waals surface area (Å²) in [5, 5.41) is 10.3. The Hall–Kier alpha value is -1.61. The van der Waals surface area contributed by atoms with Crippen molar-refractivity contribution in [3.8, 4) is 0 Å². The van der Waals surface area contributed by atoms with Crippen molar-refractivity contribution in [1.29, 1.82) is 0 Å². The molecule has 0 aromatic rings. The van der Waals surface area contributed by atoms with Crippen molar-refractivity contribution in [3.63, 3.8) is 0 Å². The molecule has 2 atom stereocenters. The summed E-state index contributed by atoms with van der Waals surface area (Å²) >= 11 is 0. The van der Waals surface area contributed by atoms with Crippen molar-refractivity contribution in [1.82, 2.24) is 0 Å². The molecule has 1 heterocycles. The summed E-state index contributed by atoms with van der Waals surface area (Å²) in [4.78, 5) is 10.3. The number of hydrogen-bond acceptors (Lipinski definition) is 3. The Morgan fingerprint density at radius 2 is 1.44 bits per heavy atom. The molecule has 1 rings (SSSR count). The predicted molar refractivity (Wildman–Crippen MR) is 102 cm³/mol. The number of aliphatic carboxylic acids is 1. The highest BCUT2D eigenvalue weighted by atomic mass is 16.6. The van der Waals surface area contributed by atoms with E-state index in [4.69, 9.17) is 4.74 Å². The third kappa shape index (κ3) is 13.4. The zero-order chi connectivity index (χ0) is 18.2. The van der Waals surface area contributed by atoms with Crippen molar-refractivity contribution < 1.29 is 14.6 Å². The van der Waals surface area contributed by atoms with Gasteiger partial charge in [-0.05, 0) is 57.8 Å². The number of carboxylic acid groups (broad SMARTS) is 1. The molecule has 0 radical (unpaired) electrons. The maximum Gasteiger partial charge on any atom is 0.0879 e. The Labute approximate surface area is 153 Å². The minimum absolute atomic E-state index is 0.183. The summed E-state index contributed by atoms with van der Waals surface area (Å²) in [6.07, 6.45) is 27.4. The van der Waals surface area contributed by atoms with Crippen LogP contribution in [-0.2, 0) is 9.53 Å². The molecule has 0 saturated carbocycles. The van der Waals surface area contributed by atoms with Crippen LogP contribution in [0.2, 0.25) is 0 Å². The molecule has 3 heteroatoms. The standard InChI is InChI=1S/C22H34O3/c1-2-3-4-5-11-14-17-20-21(25-20)18-15-12-9-7-6-8-10-13-16-19-22(23)24/h3-4,6-7,11-12,14-15,20-21H,2,5,8-10,13,16-19H2,1H3,(H,23,24)/p-1/b4-3-,7-6-,14-11-,15-12-. The number of carboxylic acids is 1. The number of ether oxygens (including phenoxy) is 1. The summed E-state index contributed by atoms with van der Waals surface area (Å²) < 4.78 is 5.66. The number of allylic oxidation sites excluding steroid dienone is 6. The largest absolute Gasteiger partial charge is 0.550 e.